The Hall–Kier alpha value is -7.08. The van der Waals surface area contributed by atoms with Crippen LogP contribution >= 0.6 is 0 Å². The molecule has 8 aromatic carbocycles. The summed E-state index contributed by atoms with van der Waals surface area (Å²) in [6, 6.07) is 30.1. The minimum atomic E-state index is -0.647. The van der Waals surface area contributed by atoms with Crippen molar-refractivity contribution < 1.29 is 52.7 Å². The van der Waals surface area contributed by atoms with E-state index in [1.165, 1.54) is 192 Å². The van der Waals surface area contributed by atoms with E-state index in [1.54, 1.807) is 48.5 Å². The van der Waals surface area contributed by atoms with E-state index in [2.05, 4.69) is 27.7 Å². The molecule has 4 saturated carbocycles. The first kappa shape index (κ1) is 79.0. The molecule has 12 rings (SSSR count). The monoisotopic (exact) mass is 1410 g/mol. The summed E-state index contributed by atoms with van der Waals surface area (Å²) in [6.45, 7) is 14.4. The predicted molar refractivity (Wildman–Crippen MR) is 394 cm³/mol. The second kappa shape index (κ2) is 37.6. The van der Waals surface area contributed by atoms with Crippen LogP contribution in [0.25, 0.3) is 44.5 Å². The molecule has 0 bridgehead atoms. The fourth-order valence-electron chi connectivity index (χ4n) is 16.1. The Morgan fingerprint density at radius 2 is 0.461 bits per heavy atom. The minimum absolute atomic E-state index is 0.0357. The van der Waals surface area contributed by atoms with E-state index >= 15 is 0 Å². The lowest BCUT2D eigenvalue weighted by Crippen LogP contribution is -2.13. The van der Waals surface area contributed by atoms with Crippen molar-refractivity contribution in [2.24, 2.45) is 23.7 Å². The number of hydrogen-bond donors (Lipinski definition) is 0. The molecule has 4 aliphatic rings. The Kier molecular flexibility index (Phi) is 29.1. The smallest absolute Gasteiger partial charge is 0.131 e. The standard InChI is InChI=1S/C24H29F3.C23H27F3.C22H25F3.C21H23F3/c1-3-4-5-6-17-7-9-18(10-8-17)19-11-12-21(24(27)13-19)20-14-22(25)16(2)23(26)15-20;1-3-4-5-16-6-8-17(9-7-16)18-10-11-20(23(26)12-18)19-13-21(24)15(2)22(25)14-19;1-3-4-15-5-7-16(8-6-15)17-9-10-19(22(25)11-17)18-12-20(23)14(2)21(24)13-18;1-3-14-4-6-15(7-5-14)16-8-9-18(21(24)10-16)17-11-19(22)13(2)20(23)12-17/h11-15,17-18H,3-10H2,1-2H3;10-14,16-17H,3-9H2,1-2H3;9-13,15-16H,3-8H2,1-2H3;8-12,14-15H,3-7H2,1-2H3. The van der Waals surface area contributed by atoms with E-state index in [1.807, 2.05) is 24.3 Å². The van der Waals surface area contributed by atoms with Crippen molar-refractivity contribution in [3.05, 3.63) is 236 Å². The van der Waals surface area contributed by atoms with Crippen molar-refractivity contribution in [3.63, 3.8) is 0 Å². The predicted octanol–water partition coefficient (Wildman–Crippen LogP) is 29.4. The lowest BCUT2D eigenvalue weighted by Gasteiger charge is -2.29. The van der Waals surface area contributed by atoms with Gasteiger partial charge in [0.25, 0.3) is 0 Å². The SMILES string of the molecule is CCC1CCC(c2ccc(-c3cc(F)c(C)c(F)c3)c(F)c2)CC1.CCCC1CCC(c2ccc(-c3cc(F)c(C)c(F)c3)c(F)c2)CC1.CCCCC1CCC(c2ccc(-c3cc(F)c(C)c(F)c3)c(F)c2)CC1.CCCCCC1CCC(c2ccc(-c3cc(F)c(C)c(F)c3)c(F)c2)CC1. The van der Waals surface area contributed by atoms with Crippen LogP contribution in [0.4, 0.5) is 52.7 Å². The summed E-state index contributed by atoms with van der Waals surface area (Å²) in [6.07, 6.45) is 31.2. The molecular weight excluding hydrogens is 1310 g/mol. The Labute approximate surface area is 599 Å². The second-order valence-electron chi connectivity index (χ2n) is 29.9. The van der Waals surface area contributed by atoms with Gasteiger partial charge in [-0.3, -0.25) is 0 Å². The van der Waals surface area contributed by atoms with Crippen LogP contribution in [-0.4, -0.2) is 0 Å². The number of benzene rings is 8. The highest BCUT2D eigenvalue weighted by Gasteiger charge is 2.28. The molecule has 12 heteroatoms. The quantitative estimate of drug-likeness (QED) is 0.0593. The molecule has 548 valence electrons. The third-order valence-electron chi connectivity index (χ3n) is 23.1. The van der Waals surface area contributed by atoms with Crippen LogP contribution in [0.2, 0.25) is 0 Å². The highest BCUT2D eigenvalue weighted by atomic mass is 19.2. The van der Waals surface area contributed by atoms with Crippen molar-refractivity contribution in [2.45, 2.75) is 246 Å². The molecular formula is C90H104F12. The largest absolute Gasteiger partial charge is 0.207 e. The molecule has 0 spiro atoms. The maximum absolute atomic E-state index is 14.7. The topological polar surface area (TPSA) is 0 Å². The van der Waals surface area contributed by atoms with Gasteiger partial charge in [0.05, 0.1) is 0 Å². The van der Waals surface area contributed by atoms with Crippen LogP contribution in [0.5, 0.6) is 0 Å². The number of unbranched alkanes of at least 4 members (excludes halogenated alkanes) is 3. The van der Waals surface area contributed by atoms with Gasteiger partial charge in [-0.05, 0) is 295 Å². The van der Waals surface area contributed by atoms with Crippen molar-refractivity contribution >= 4 is 0 Å². The lowest BCUT2D eigenvalue weighted by atomic mass is 9.77. The minimum Gasteiger partial charge on any atom is -0.207 e. The van der Waals surface area contributed by atoms with Gasteiger partial charge in [-0.15, -0.1) is 0 Å². The third-order valence-corrected chi connectivity index (χ3v) is 23.1. The third kappa shape index (κ3) is 20.7. The number of halogens is 12. The van der Waals surface area contributed by atoms with E-state index in [4.69, 9.17) is 0 Å². The molecule has 0 unspecified atom stereocenters. The molecule has 4 fully saturated rings. The van der Waals surface area contributed by atoms with E-state index in [0.717, 1.165) is 97.3 Å². The lowest BCUT2D eigenvalue weighted by molar-refractivity contribution is 0.302. The molecule has 8 aromatic rings. The summed E-state index contributed by atoms with van der Waals surface area (Å²) in [5.74, 6) is -1.99. The summed E-state index contributed by atoms with van der Waals surface area (Å²) in [7, 11) is 0. The second-order valence-corrected chi connectivity index (χ2v) is 29.9. The molecule has 0 aliphatic heterocycles. The normalized spacial score (nSPS) is 20.5. The van der Waals surface area contributed by atoms with Gasteiger partial charge < -0.3 is 0 Å². The van der Waals surface area contributed by atoms with Gasteiger partial charge in [-0.1, -0.05) is 140 Å². The van der Waals surface area contributed by atoms with Crippen LogP contribution < -0.4 is 0 Å². The Morgan fingerprint density at radius 1 is 0.235 bits per heavy atom. The first-order chi connectivity index (χ1) is 49.0. The summed E-state index contributed by atoms with van der Waals surface area (Å²) < 4.78 is 169. The van der Waals surface area contributed by atoms with Crippen molar-refractivity contribution in [1.29, 1.82) is 0 Å². The van der Waals surface area contributed by atoms with Crippen molar-refractivity contribution in [3.8, 4) is 44.5 Å². The van der Waals surface area contributed by atoms with Gasteiger partial charge in [0, 0.05) is 44.5 Å². The molecule has 4 aliphatic carbocycles. The van der Waals surface area contributed by atoms with Gasteiger partial charge in [-0.2, -0.15) is 0 Å². The van der Waals surface area contributed by atoms with Gasteiger partial charge in [-0.25, -0.2) is 52.7 Å². The molecule has 0 N–H and O–H groups in total. The zero-order valence-corrected chi connectivity index (χ0v) is 61.1. The van der Waals surface area contributed by atoms with Gasteiger partial charge in [0.2, 0.25) is 0 Å². The summed E-state index contributed by atoms with van der Waals surface area (Å²) in [5.41, 5.74) is 5.87. The average molecular weight is 1410 g/mol. The maximum Gasteiger partial charge on any atom is 0.131 e. The van der Waals surface area contributed by atoms with Crippen LogP contribution in [0.3, 0.4) is 0 Å². The van der Waals surface area contributed by atoms with E-state index in [-0.39, 0.29) is 66.8 Å². The zero-order valence-electron chi connectivity index (χ0n) is 61.1. The molecule has 0 saturated heterocycles. The first-order valence-corrected chi connectivity index (χ1v) is 38.0. The number of rotatable bonds is 18. The first-order valence-electron chi connectivity index (χ1n) is 38.0. The van der Waals surface area contributed by atoms with Gasteiger partial charge in [0.15, 0.2) is 0 Å². The van der Waals surface area contributed by atoms with Crippen molar-refractivity contribution in [1.82, 2.24) is 0 Å². The fraction of sp³-hybridized carbons (Fsp3) is 0.467. The Balaban J connectivity index is 0.000000158. The summed E-state index contributed by atoms with van der Waals surface area (Å²) in [5, 5.41) is 0. The molecule has 0 aromatic heterocycles. The fourth-order valence-corrected chi connectivity index (χ4v) is 16.1. The highest BCUT2D eigenvalue weighted by Crippen LogP contribution is 2.44. The molecule has 0 nitrogen and oxygen atoms in total. The van der Waals surface area contributed by atoms with Crippen LogP contribution in [0.1, 0.15) is 263 Å². The summed E-state index contributed by atoms with van der Waals surface area (Å²) >= 11 is 0. The van der Waals surface area contributed by atoms with Crippen LogP contribution in [-0.2, 0) is 0 Å². The van der Waals surface area contributed by atoms with Crippen molar-refractivity contribution in [2.75, 3.05) is 0 Å². The van der Waals surface area contributed by atoms with E-state index in [9.17, 15) is 52.7 Å². The van der Waals surface area contributed by atoms with E-state index < -0.39 is 69.8 Å². The summed E-state index contributed by atoms with van der Waals surface area (Å²) in [4.78, 5) is 0. The average Bonchev–Trinajstić information content (AvgIpc) is 0.819. The van der Waals surface area contributed by atoms with Gasteiger partial charge >= 0.3 is 0 Å². The highest BCUT2D eigenvalue weighted by molar-refractivity contribution is 5.68. The molecule has 0 atom stereocenters. The zero-order chi connectivity index (χ0) is 73.3. The Bertz CT molecular complexity index is 3950. The maximum atomic E-state index is 14.7. The molecule has 0 amide bonds. The molecule has 102 heavy (non-hydrogen) atoms. The van der Waals surface area contributed by atoms with Crippen LogP contribution in [0, 0.1) is 121 Å². The number of hydrogen-bond acceptors (Lipinski definition) is 0. The molecule has 0 heterocycles. The molecule has 0 radical (unpaired) electrons. The van der Waals surface area contributed by atoms with E-state index in [0.29, 0.717) is 23.7 Å². The Morgan fingerprint density at radius 3 is 0.676 bits per heavy atom. The van der Waals surface area contributed by atoms with Gasteiger partial charge in [0.1, 0.15) is 69.8 Å². The van der Waals surface area contributed by atoms with Crippen LogP contribution in [0.15, 0.2) is 121 Å².